The van der Waals surface area contributed by atoms with E-state index in [1.54, 1.807) is 7.05 Å². The number of carbonyl (C=O) groups excluding carboxylic acids is 2. The van der Waals surface area contributed by atoms with Gasteiger partial charge in [-0.2, -0.15) is 0 Å². The second-order valence-corrected chi connectivity index (χ2v) is 11.4. The standard InChI is InChI=1S/C28H35ClFN3O7/c1-28(2,15-34)20(40-21-6-4-5-11-39-21)14-32(3)27(38)23-17-9-10-33(13-16-7-8-19(30)18(29)12-16)26(37)22(17)24(35)25(36)31-23/h7-8,12,20-21,34-35H,4-6,9-11,13-15H2,1-3H3,(H,31,36)/t20-,21?/m1/s1. The molecule has 1 aromatic heterocycles. The number of aromatic nitrogens is 1. The number of aliphatic hydroxyl groups is 1. The van der Waals surface area contributed by atoms with Gasteiger partial charge >= 0.3 is 0 Å². The fraction of sp³-hybridized carbons (Fsp3) is 0.536. The first kappa shape index (κ1) is 30.0. The number of H-pyrrole nitrogens is 1. The number of likely N-dealkylation sites (N-methyl/N-ethyl adjacent to an activating group) is 1. The lowest BCUT2D eigenvalue weighted by Crippen LogP contribution is -2.48. The summed E-state index contributed by atoms with van der Waals surface area (Å²) in [5.74, 6) is -2.54. The van der Waals surface area contributed by atoms with Crippen LogP contribution in [0.15, 0.2) is 23.0 Å². The number of aliphatic hydroxyl groups excluding tert-OH is 1. The molecule has 2 aromatic rings. The van der Waals surface area contributed by atoms with Gasteiger partial charge in [0.15, 0.2) is 12.0 Å². The van der Waals surface area contributed by atoms with Gasteiger partial charge in [-0.1, -0.05) is 31.5 Å². The molecule has 0 spiro atoms. The molecule has 1 aromatic carbocycles. The molecule has 2 aliphatic rings. The number of aromatic hydroxyl groups is 1. The minimum absolute atomic E-state index is 0.0756. The van der Waals surface area contributed by atoms with Crippen LogP contribution in [0.1, 0.15) is 65.1 Å². The van der Waals surface area contributed by atoms with E-state index < -0.39 is 46.7 Å². The summed E-state index contributed by atoms with van der Waals surface area (Å²) in [6, 6.07) is 4.10. The minimum Gasteiger partial charge on any atom is -0.502 e. The van der Waals surface area contributed by atoms with Gasteiger partial charge in [0.05, 0.1) is 23.3 Å². The quantitative estimate of drug-likeness (QED) is 0.416. The number of nitrogens with one attached hydrogen (secondary N) is 1. The van der Waals surface area contributed by atoms with Gasteiger partial charge in [-0.3, -0.25) is 14.4 Å². The van der Waals surface area contributed by atoms with Crippen LogP contribution in [-0.2, 0) is 22.4 Å². The maximum atomic E-state index is 13.6. The summed E-state index contributed by atoms with van der Waals surface area (Å²) in [5, 5.41) is 20.5. The SMILES string of the molecule is CN(C[C@@H](OC1CCCCO1)C(C)(C)CO)C(=O)c1[nH]c(=O)c(O)c2c1CCN(Cc1ccc(F)c(Cl)c1)C2=O. The van der Waals surface area contributed by atoms with Crippen molar-refractivity contribution in [3.63, 3.8) is 0 Å². The normalized spacial score (nSPS) is 18.4. The maximum Gasteiger partial charge on any atom is 0.291 e. The Labute approximate surface area is 236 Å². The summed E-state index contributed by atoms with van der Waals surface area (Å²) in [6.07, 6.45) is 1.75. The van der Waals surface area contributed by atoms with Crippen molar-refractivity contribution in [3.8, 4) is 5.75 Å². The lowest BCUT2D eigenvalue weighted by molar-refractivity contribution is -0.214. The molecule has 2 amide bonds. The second kappa shape index (κ2) is 12.3. The van der Waals surface area contributed by atoms with Crippen LogP contribution in [0.3, 0.4) is 0 Å². The number of hydrogen-bond donors (Lipinski definition) is 3. The molecule has 1 saturated heterocycles. The predicted molar refractivity (Wildman–Crippen MR) is 145 cm³/mol. The first-order valence-corrected chi connectivity index (χ1v) is 13.7. The van der Waals surface area contributed by atoms with Gasteiger partial charge in [0.25, 0.3) is 17.4 Å². The van der Waals surface area contributed by atoms with Crippen molar-refractivity contribution in [2.24, 2.45) is 5.41 Å². The number of carbonyl (C=O) groups is 2. The molecule has 4 rings (SSSR count). The summed E-state index contributed by atoms with van der Waals surface area (Å²) < 4.78 is 25.5. The summed E-state index contributed by atoms with van der Waals surface area (Å²) in [5.41, 5.74) is -1.19. The van der Waals surface area contributed by atoms with E-state index in [4.69, 9.17) is 21.1 Å². The van der Waals surface area contributed by atoms with E-state index in [-0.39, 0.29) is 54.5 Å². The van der Waals surface area contributed by atoms with Gasteiger partial charge in [-0.15, -0.1) is 0 Å². The molecule has 2 aliphatic heterocycles. The summed E-state index contributed by atoms with van der Waals surface area (Å²) in [4.78, 5) is 44.9. The van der Waals surface area contributed by atoms with E-state index in [2.05, 4.69) is 4.98 Å². The Kier molecular flexibility index (Phi) is 9.19. The topological polar surface area (TPSA) is 132 Å². The number of pyridine rings is 1. The zero-order valence-electron chi connectivity index (χ0n) is 22.8. The lowest BCUT2D eigenvalue weighted by atomic mass is 9.86. The Bertz CT molecular complexity index is 1330. The van der Waals surface area contributed by atoms with Crippen LogP contribution in [0.4, 0.5) is 4.39 Å². The lowest BCUT2D eigenvalue weighted by Gasteiger charge is -2.38. The van der Waals surface area contributed by atoms with Crippen molar-refractivity contribution in [1.29, 1.82) is 0 Å². The fourth-order valence-corrected chi connectivity index (χ4v) is 5.11. The average Bonchev–Trinajstić information content (AvgIpc) is 2.93. The third kappa shape index (κ3) is 6.33. The Hall–Kier alpha value is -2.99. The average molecular weight is 580 g/mol. The molecule has 0 radical (unpaired) electrons. The van der Waals surface area contributed by atoms with Crippen molar-refractivity contribution >= 4 is 23.4 Å². The molecular formula is C28H35ClFN3O7. The van der Waals surface area contributed by atoms with E-state index >= 15 is 0 Å². The molecule has 0 aliphatic carbocycles. The van der Waals surface area contributed by atoms with Gasteiger partial charge in [-0.05, 0) is 48.9 Å². The summed E-state index contributed by atoms with van der Waals surface area (Å²) >= 11 is 5.87. The van der Waals surface area contributed by atoms with Crippen LogP contribution in [0.5, 0.6) is 5.75 Å². The molecule has 40 heavy (non-hydrogen) atoms. The number of halogens is 2. The molecule has 12 heteroatoms. The van der Waals surface area contributed by atoms with Crippen LogP contribution in [0.25, 0.3) is 0 Å². The summed E-state index contributed by atoms with van der Waals surface area (Å²) in [7, 11) is 1.54. The molecule has 3 N–H and O–H groups in total. The molecule has 3 heterocycles. The molecule has 1 fully saturated rings. The number of benzene rings is 1. The van der Waals surface area contributed by atoms with E-state index in [9.17, 15) is 29.0 Å². The molecule has 0 saturated carbocycles. The number of aromatic amines is 1. The van der Waals surface area contributed by atoms with Gasteiger partial charge in [0, 0.05) is 38.7 Å². The Morgan fingerprint density at radius 2 is 2.10 bits per heavy atom. The van der Waals surface area contributed by atoms with Crippen LogP contribution in [0.2, 0.25) is 5.02 Å². The molecule has 0 bridgehead atoms. The highest BCUT2D eigenvalue weighted by molar-refractivity contribution is 6.30. The van der Waals surface area contributed by atoms with E-state index in [0.717, 1.165) is 12.8 Å². The number of amides is 2. The van der Waals surface area contributed by atoms with Crippen LogP contribution in [0, 0.1) is 11.2 Å². The minimum atomic E-state index is -0.963. The highest BCUT2D eigenvalue weighted by Gasteiger charge is 2.37. The third-order valence-corrected chi connectivity index (χ3v) is 7.81. The molecule has 10 nitrogen and oxygen atoms in total. The first-order valence-electron chi connectivity index (χ1n) is 13.3. The second-order valence-electron chi connectivity index (χ2n) is 11.0. The summed E-state index contributed by atoms with van der Waals surface area (Å²) in [6.45, 7) is 4.38. The number of nitrogens with zero attached hydrogens (tertiary/aromatic N) is 2. The molecule has 1 unspecified atom stereocenters. The maximum absolute atomic E-state index is 13.6. The van der Waals surface area contributed by atoms with Crippen LogP contribution in [-0.4, -0.2) is 82.6 Å². The van der Waals surface area contributed by atoms with E-state index in [1.807, 2.05) is 13.8 Å². The molecule has 218 valence electrons. The number of rotatable bonds is 9. The number of fused-ring (bicyclic) bond motifs is 1. The van der Waals surface area contributed by atoms with Crippen LogP contribution < -0.4 is 5.56 Å². The first-order chi connectivity index (χ1) is 18.9. The number of hydrogen-bond acceptors (Lipinski definition) is 7. The van der Waals surface area contributed by atoms with Crippen molar-refractivity contribution in [1.82, 2.24) is 14.8 Å². The highest BCUT2D eigenvalue weighted by atomic mass is 35.5. The van der Waals surface area contributed by atoms with Gasteiger partial charge in [-0.25, -0.2) is 4.39 Å². The Morgan fingerprint density at radius 1 is 1.35 bits per heavy atom. The molecule has 2 atom stereocenters. The van der Waals surface area contributed by atoms with Crippen molar-refractivity contribution < 1.29 is 33.7 Å². The highest BCUT2D eigenvalue weighted by Crippen LogP contribution is 2.30. The van der Waals surface area contributed by atoms with Crippen LogP contribution >= 0.6 is 11.6 Å². The molecular weight excluding hydrogens is 545 g/mol. The van der Waals surface area contributed by atoms with Crippen molar-refractivity contribution in [2.75, 3.05) is 33.4 Å². The van der Waals surface area contributed by atoms with Gasteiger partial charge in [0.2, 0.25) is 0 Å². The van der Waals surface area contributed by atoms with Crippen molar-refractivity contribution in [2.45, 2.75) is 58.5 Å². The third-order valence-electron chi connectivity index (χ3n) is 7.52. The van der Waals surface area contributed by atoms with E-state index in [0.29, 0.717) is 18.6 Å². The van der Waals surface area contributed by atoms with E-state index in [1.165, 1.54) is 28.0 Å². The van der Waals surface area contributed by atoms with Crippen molar-refractivity contribution in [3.05, 3.63) is 61.8 Å². The Morgan fingerprint density at radius 3 is 2.75 bits per heavy atom. The number of ether oxygens (including phenoxy) is 2. The Balaban J connectivity index is 1.58. The zero-order valence-corrected chi connectivity index (χ0v) is 23.6. The monoisotopic (exact) mass is 579 g/mol. The smallest absolute Gasteiger partial charge is 0.291 e. The predicted octanol–water partition coefficient (Wildman–Crippen LogP) is 3.07. The van der Waals surface area contributed by atoms with Gasteiger partial charge in [0.1, 0.15) is 11.5 Å². The fourth-order valence-electron chi connectivity index (χ4n) is 4.91. The largest absolute Gasteiger partial charge is 0.502 e. The van der Waals surface area contributed by atoms with Gasteiger partial charge < -0.3 is 34.5 Å². The zero-order chi connectivity index (χ0) is 29.2.